The Bertz CT molecular complexity index is 1300. The van der Waals surface area contributed by atoms with Crippen LogP contribution in [0.5, 0.6) is 5.75 Å². The van der Waals surface area contributed by atoms with Gasteiger partial charge in [0.1, 0.15) is 12.2 Å². The van der Waals surface area contributed by atoms with Crippen molar-refractivity contribution in [1.29, 1.82) is 0 Å². The quantitative estimate of drug-likeness (QED) is 0.317. The summed E-state index contributed by atoms with van der Waals surface area (Å²) in [6.07, 6.45) is 9.49. The van der Waals surface area contributed by atoms with Crippen molar-refractivity contribution in [2.45, 2.75) is 62.8 Å². The number of hydrogen-bond acceptors (Lipinski definition) is 7. The first-order valence-corrected chi connectivity index (χ1v) is 11.8. The van der Waals surface area contributed by atoms with Crippen LogP contribution in [-0.2, 0) is 6.61 Å². The van der Waals surface area contributed by atoms with Crippen LogP contribution in [0.1, 0.15) is 55.7 Å². The summed E-state index contributed by atoms with van der Waals surface area (Å²) in [6.45, 7) is 0.300. The Morgan fingerprint density at radius 3 is 2.74 bits per heavy atom. The van der Waals surface area contributed by atoms with E-state index in [1.54, 1.807) is 12.4 Å². The number of benzene rings is 1. The highest BCUT2D eigenvalue weighted by molar-refractivity contribution is 5.65. The third-order valence-electron chi connectivity index (χ3n) is 6.64. The molecule has 0 aliphatic heterocycles. The monoisotopic (exact) mass is 473 g/mol. The minimum atomic E-state index is -0.810. The highest BCUT2D eigenvalue weighted by Gasteiger charge is 2.38. The van der Waals surface area contributed by atoms with E-state index in [4.69, 9.17) is 10.5 Å². The molecule has 2 fully saturated rings. The summed E-state index contributed by atoms with van der Waals surface area (Å²) < 4.78 is 7.87. The van der Waals surface area contributed by atoms with Gasteiger partial charge in [0, 0.05) is 46.8 Å². The van der Waals surface area contributed by atoms with Gasteiger partial charge in [0.15, 0.2) is 11.6 Å². The van der Waals surface area contributed by atoms with E-state index in [0.29, 0.717) is 31.0 Å². The second kappa shape index (κ2) is 9.39. The molecule has 5 rings (SSSR count). The molecule has 0 unspecified atom stereocenters. The number of ether oxygens (including phenoxy) is 1. The molecular weight excluding hydrogens is 446 g/mol. The topological polar surface area (TPSA) is 129 Å². The molecule has 2 aliphatic rings. The van der Waals surface area contributed by atoms with Gasteiger partial charge in [0.05, 0.1) is 12.2 Å². The minimum Gasteiger partial charge on any atom is -0.485 e. The van der Waals surface area contributed by atoms with E-state index in [1.807, 2.05) is 41.2 Å². The average molecular weight is 474 g/mol. The highest BCUT2D eigenvalue weighted by Crippen LogP contribution is 2.34. The zero-order valence-electron chi connectivity index (χ0n) is 19.3. The summed E-state index contributed by atoms with van der Waals surface area (Å²) in [6, 6.07) is 9.25. The Morgan fingerprint density at radius 2 is 2.00 bits per heavy atom. The molecule has 0 bridgehead atoms. The lowest BCUT2D eigenvalue weighted by Crippen LogP contribution is -2.27. The molecule has 2 saturated carbocycles. The summed E-state index contributed by atoms with van der Waals surface area (Å²) in [4.78, 5) is 15.1. The van der Waals surface area contributed by atoms with Crippen molar-refractivity contribution >= 4 is 5.82 Å². The highest BCUT2D eigenvalue weighted by atomic mass is 16.6. The van der Waals surface area contributed by atoms with Crippen LogP contribution >= 0.6 is 0 Å². The molecule has 0 saturated heterocycles. The number of nitrogens with two attached hydrogens (primary N) is 1. The summed E-state index contributed by atoms with van der Waals surface area (Å²) in [5, 5.41) is 25.4. The van der Waals surface area contributed by atoms with E-state index in [0.717, 1.165) is 47.9 Å². The number of aliphatic hydroxyl groups is 1. The van der Waals surface area contributed by atoms with Gasteiger partial charge in [-0.1, -0.05) is 24.0 Å². The molecule has 0 spiro atoms. The molecule has 2 aromatic heterocycles. The lowest BCUT2D eigenvalue weighted by Gasteiger charge is -2.24. The first-order chi connectivity index (χ1) is 16.9. The number of pyridine rings is 1. The van der Waals surface area contributed by atoms with Crippen molar-refractivity contribution in [3.63, 3.8) is 0 Å². The van der Waals surface area contributed by atoms with Crippen molar-refractivity contribution < 1.29 is 14.8 Å². The van der Waals surface area contributed by atoms with E-state index in [-0.39, 0.29) is 11.0 Å². The number of nitro groups is 1. The number of hydrogen-bond donors (Lipinski definition) is 2. The maximum atomic E-state index is 11.0. The second-order valence-corrected chi connectivity index (χ2v) is 9.33. The molecule has 2 aliphatic carbocycles. The molecule has 3 N–H and O–H groups in total. The molecule has 0 radical (unpaired) electrons. The molecule has 9 nitrogen and oxygen atoms in total. The molecule has 0 atom stereocenters. The first kappa shape index (κ1) is 22.9. The van der Waals surface area contributed by atoms with Crippen LogP contribution in [-0.4, -0.2) is 36.4 Å². The molecule has 35 heavy (non-hydrogen) atoms. The van der Waals surface area contributed by atoms with E-state index in [2.05, 4.69) is 21.9 Å². The molecule has 0 amide bonds. The molecular formula is C26H27N5O4. The minimum absolute atomic E-state index is 0.161. The fraction of sp³-hybridized carbons (Fsp3) is 0.385. The lowest BCUT2D eigenvalue weighted by atomic mass is 9.92. The number of aromatic nitrogens is 3. The predicted octanol–water partition coefficient (Wildman–Crippen LogP) is 3.74. The van der Waals surface area contributed by atoms with Gasteiger partial charge in [0.2, 0.25) is 6.04 Å². The van der Waals surface area contributed by atoms with Gasteiger partial charge in [-0.15, -0.1) is 0 Å². The van der Waals surface area contributed by atoms with Crippen molar-refractivity contribution in [2.75, 3.05) is 5.73 Å². The van der Waals surface area contributed by atoms with Gasteiger partial charge >= 0.3 is 0 Å². The molecule has 3 aromatic rings. The van der Waals surface area contributed by atoms with E-state index in [1.165, 1.54) is 0 Å². The largest absolute Gasteiger partial charge is 0.485 e. The Kier molecular flexibility index (Phi) is 6.14. The maximum Gasteiger partial charge on any atom is 0.213 e. The van der Waals surface area contributed by atoms with Gasteiger partial charge in [-0.05, 0) is 49.4 Å². The van der Waals surface area contributed by atoms with Crippen molar-refractivity contribution in [3.8, 4) is 28.7 Å². The Hall–Kier alpha value is -3.90. The lowest BCUT2D eigenvalue weighted by molar-refractivity contribution is -0.526. The average Bonchev–Trinajstić information content (AvgIpc) is 3.40. The van der Waals surface area contributed by atoms with Crippen LogP contribution in [0, 0.1) is 22.0 Å². The zero-order chi connectivity index (χ0) is 24.4. The Labute approximate surface area is 203 Å². The number of anilines is 1. The third kappa shape index (κ3) is 5.44. The smallest absolute Gasteiger partial charge is 0.213 e. The van der Waals surface area contributed by atoms with Crippen LogP contribution < -0.4 is 10.5 Å². The summed E-state index contributed by atoms with van der Waals surface area (Å²) >= 11 is 0. The molecule has 1 aromatic carbocycles. The van der Waals surface area contributed by atoms with Crippen LogP contribution in [0.25, 0.3) is 11.1 Å². The SMILES string of the molecule is Nc1ncc(-c2cnn(C3CCC([N+](=O)[O-])CC3)c2)cc1OCc1cccc(C#CC2(O)CC2)c1. The summed E-state index contributed by atoms with van der Waals surface area (Å²) in [5.74, 6) is 6.72. The fourth-order valence-corrected chi connectivity index (χ4v) is 4.28. The van der Waals surface area contributed by atoms with Crippen molar-refractivity contribution in [1.82, 2.24) is 14.8 Å². The summed E-state index contributed by atoms with van der Waals surface area (Å²) in [5.41, 5.74) is 8.72. The second-order valence-electron chi connectivity index (χ2n) is 9.33. The zero-order valence-corrected chi connectivity index (χ0v) is 19.3. The van der Waals surface area contributed by atoms with Gasteiger partial charge in [-0.3, -0.25) is 14.8 Å². The molecule has 2 heterocycles. The van der Waals surface area contributed by atoms with Gasteiger partial charge in [0.25, 0.3) is 0 Å². The summed E-state index contributed by atoms with van der Waals surface area (Å²) in [7, 11) is 0. The van der Waals surface area contributed by atoms with E-state index < -0.39 is 11.6 Å². The molecule has 9 heteroatoms. The Morgan fingerprint density at radius 1 is 1.20 bits per heavy atom. The maximum absolute atomic E-state index is 11.0. The number of rotatable bonds is 6. The van der Waals surface area contributed by atoms with Crippen LogP contribution in [0.4, 0.5) is 5.82 Å². The first-order valence-electron chi connectivity index (χ1n) is 11.8. The van der Waals surface area contributed by atoms with Gasteiger partial charge in [-0.2, -0.15) is 5.10 Å². The fourth-order valence-electron chi connectivity index (χ4n) is 4.28. The van der Waals surface area contributed by atoms with Crippen LogP contribution in [0.2, 0.25) is 0 Å². The molecule has 180 valence electrons. The van der Waals surface area contributed by atoms with Crippen molar-refractivity contribution in [2.24, 2.45) is 0 Å². The van der Waals surface area contributed by atoms with Crippen LogP contribution in [0.15, 0.2) is 48.9 Å². The van der Waals surface area contributed by atoms with E-state index >= 15 is 0 Å². The number of nitrogens with zero attached hydrogens (tertiary/aromatic N) is 4. The normalized spacial score (nSPS) is 20.5. The standard InChI is InChI=1S/C26H27N5O4/c27-25-24(35-17-19-3-1-2-18(12-19)8-9-26(32)10-11-26)13-20(14-28-25)21-15-29-30(16-21)22-4-6-23(7-5-22)31(33)34/h1-3,12-16,22-23,32H,4-7,10-11,17H2,(H2,27,28). The Balaban J connectivity index is 1.25. The van der Waals surface area contributed by atoms with Crippen LogP contribution in [0.3, 0.4) is 0 Å². The van der Waals surface area contributed by atoms with E-state index in [9.17, 15) is 15.2 Å². The third-order valence-corrected chi connectivity index (χ3v) is 6.64. The van der Waals surface area contributed by atoms with Gasteiger partial charge < -0.3 is 15.6 Å². The van der Waals surface area contributed by atoms with Gasteiger partial charge in [-0.25, -0.2) is 4.98 Å². The predicted molar refractivity (Wildman–Crippen MR) is 130 cm³/mol. The number of nitrogen functional groups attached to an aromatic ring is 1. The van der Waals surface area contributed by atoms with Crippen molar-refractivity contribution in [3.05, 3.63) is 70.2 Å².